The summed E-state index contributed by atoms with van der Waals surface area (Å²) in [7, 11) is 0. The second-order valence-corrected chi connectivity index (χ2v) is 7.82. The molecule has 2 aliphatic heterocycles. The van der Waals surface area contributed by atoms with Crippen LogP contribution in [0.1, 0.15) is 63.4 Å². The van der Waals surface area contributed by atoms with Crippen molar-refractivity contribution >= 4 is 11.8 Å². The van der Waals surface area contributed by atoms with Gasteiger partial charge in [-0.25, -0.2) is 0 Å². The molecule has 0 bridgehead atoms. The highest BCUT2D eigenvalue weighted by molar-refractivity contribution is 5.93. The predicted octanol–water partition coefficient (Wildman–Crippen LogP) is 1.71. The summed E-state index contributed by atoms with van der Waals surface area (Å²) in [6.45, 7) is 7.46. The quantitative estimate of drug-likeness (QED) is 0.877. The van der Waals surface area contributed by atoms with Crippen molar-refractivity contribution in [3.63, 3.8) is 0 Å². The number of carbonyl (C=O) groups excluding carboxylic acids is 2. The van der Waals surface area contributed by atoms with Crippen LogP contribution < -0.4 is 5.73 Å². The molecular formula is C18H28N4O3. The summed E-state index contributed by atoms with van der Waals surface area (Å²) < 4.78 is 7.92. The van der Waals surface area contributed by atoms with Crippen LogP contribution in [0, 0.1) is 0 Å². The Bertz CT molecular complexity index is 669. The lowest BCUT2D eigenvalue weighted by Crippen LogP contribution is -2.54. The maximum Gasteiger partial charge on any atom is 0.272 e. The minimum atomic E-state index is -0.461. The molecule has 1 aromatic heterocycles. The largest absolute Gasteiger partial charge is 0.370 e. The van der Waals surface area contributed by atoms with Crippen LogP contribution in [0.25, 0.3) is 0 Å². The fraction of sp³-hybridized carbons (Fsp3) is 0.722. The van der Waals surface area contributed by atoms with Crippen LogP contribution in [-0.2, 0) is 16.1 Å². The number of ether oxygens (including phenoxy) is 1. The van der Waals surface area contributed by atoms with E-state index in [1.54, 1.807) is 16.9 Å². The summed E-state index contributed by atoms with van der Waals surface area (Å²) in [4.78, 5) is 26.8. The second kappa shape index (κ2) is 6.44. The van der Waals surface area contributed by atoms with E-state index in [9.17, 15) is 9.59 Å². The summed E-state index contributed by atoms with van der Waals surface area (Å²) in [5.41, 5.74) is 5.21. The zero-order valence-corrected chi connectivity index (χ0v) is 15.3. The first kappa shape index (κ1) is 17.9. The van der Waals surface area contributed by atoms with E-state index in [2.05, 4.69) is 12.0 Å². The lowest BCUT2D eigenvalue weighted by molar-refractivity contribution is -0.123. The molecule has 1 spiro atoms. The van der Waals surface area contributed by atoms with Crippen LogP contribution in [0.2, 0.25) is 0 Å². The Morgan fingerprint density at radius 3 is 2.88 bits per heavy atom. The van der Waals surface area contributed by atoms with Crippen LogP contribution in [0.5, 0.6) is 0 Å². The number of hydrogen-bond donors (Lipinski definition) is 1. The van der Waals surface area contributed by atoms with Gasteiger partial charge in [0.25, 0.3) is 5.91 Å². The van der Waals surface area contributed by atoms with Crippen LogP contribution in [0.4, 0.5) is 0 Å². The van der Waals surface area contributed by atoms with Crippen molar-refractivity contribution in [1.82, 2.24) is 14.7 Å². The van der Waals surface area contributed by atoms with Crippen molar-refractivity contribution in [2.24, 2.45) is 5.73 Å². The molecule has 0 radical (unpaired) electrons. The molecule has 7 heteroatoms. The normalized spacial score (nSPS) is 28.0. The van der Waals surface area contributed by atoms with Crippen molar-refractivity contribution in [1.29, 1.82) is 0 Å². The average molecular weight is 348 g/mol. The topological polar surface area (TPSA) is 90.4 Å². The molecule has 2 aliphatic rings. The Morgan fingerprint density at radius 1 is 1.44 bits per heavy atom. The SMILES string of the molecule is CCCn1nccc1C(=O)N1CCC[C@]12CC(C)(C)O[C@H]2CC(N)=O. The third-order valence-electron chi connectivity index (χ3n) is 5.32. The van der Waals surface area contributed by atoms with Gasteiger partial charge >= 0.3 is 0 Å². The summed E-state index contributed by atoms with van der Waals surface area (Å²) in [5, 5.41) is 4.27. The van der Waals surface area contributed by atoms with E-state index in [1.807, 2.05) is 18.7 Å². The van der Waals surface area contributed by atoms with Crippen LogP contribution >= 0.6 is 0 Å². The number of aryl methyl sites for hydroxylation is 1. The Hall–Kier alpha value is -1.89. The lowest BCUT2D eigenvalue weighted by atomic mass is 9.82. The van der Waals surface area contributed by atoms with Gasteiger partial charge in [-0.3, -0.25) is 14.3 Å². The summed E-state index contributed by atoms with van der Waals surface area (Å²) in [5.74, 6) is -0.420. The van der Waals surface area contributed by atoms with Crippen LogP contribution in [-0.4, -0.2) is 50.3 Å². The Morgan fingerprint density at radius 2 is 2.20 bits per heavy atom. The van der Waals surface area contributed by atoms with Gasteiger partial charge in [-0.2, -0.15) is 5.10 Å². The first-order valence-electron chi connectivity index (χ1n) is 9.09. The van der Waals surface area contributed by atoms with Gasteiger partial charge in [0.2, 0.25) is 5.91 Å². The van der Waals surface area contributed by atoms with Crippen molar-refractivity contribution < 1.29 is 14.3 Å². The van der Waals surface area contributed by atoms with Crippen molar-refractivity contribution in [2.75, 3.05) is 6.54 Å². The highest BCUT2D eigenvalue weighted by Gasteiger charge is 2.58. The van der Waals surface area contributed by atoms with Gasteiger partial charge in [-0.05, 0) is 39.2 Å². The molecule has 0 unspecified atom stereocenters. The zero-order chi connectivity index (χ0) is 18.2. The number of amides is 2. The molecule has 2 N–H and O–H groups in total. The molecule has 2 amide bonds. The highest BCUT2D eigenvalue weighted by Crippen LogP contribution is 2.49. The van der Waals surface area contributed by atoms with Gasteiger partial charge in [0.05, 0.1) is 23.7 Å². The molecular weight excluding hydrogens is 320 g/mol. The van der Waals surface area contributed by atoms with Crippen molar-refractivity contribution in [3.8, 4) is 0 Å². The molecule has 0 aromatic carbocycles. The number of hydrogen-bond acceptors (Lipinski definition) is 4. The number of primary amides is 1. The smallest absolute Gasteiger partial charge is 0.272 e. The molecule has 2 saturated heterocycles. The molecule has 7 nitrogen and oxygen atoms in total. The fourth-order valence-corrected chi connectivity index (χ4v) is 4.57. The molecule has 2 fully saturated rings. The maximum absolute atomic E-state index is 13.3. The number of rotatable bonds is 5. The van der Waals surface area contributed by atoms with Crippen LogP contribution in [0.15, 0.2) is 12.3 Å². The second-order valence-electron chi connectivity index (χ2n) is 7.82. The molecule has 3 heterocycles. The summed E-state index contributed by atoms with van der Waals surface area (Å²) in [6.07, 6.45) is 4.82. The van der Waals surface area contributed by atoms with E-state index >= 15 is 0 Å². The third kappa shape index (κ3) is 3.17. The first-order chi connectivity index (χ1) is 11.8. The number of aromatic nitrogens is 2. The van der Waals surface area contributed by atoms with Gasteiger partial charge in [0, 0.05) is 25.7 Å². The molecule has 0 saturated carbocycles. The molecule has 25 heavy (non-hydrogen) atoms. The summed E-state index contributed by atoms with van der Waals surface area (Å²) >= 11 is 0. The fourth-order valence-electron chi connectivity index (χ4n) is 4.57. The monoisotopic (exact) mass is 348 g/mol. The van der Waals surface area contributed by atoms with E-state index in [0.717, 1.165) is 19.3 Å². The van der Waals surface area contributed by atoms with Gasteiger partial charge < -0.3 is 15.4 Å². The van der Waals surface area contributed by atoms with E-state index in [1.165, 1.54) is 0 Å². The molecule has 1 aromatic rings. The van der Waals surface area contributed by atoms with Gasteiger partial charge in [0.15, 0.2) is 0 Å². The predicted molar refractivity (Wildman–Crippen MR) is 92.9 cm³/mol. The molecule has 138 valence electrons. The lowest BCUT2D eigenvalue weighted by Gasteiger charge is -2.38. The zero-order valence-electron chi connectivity index (χ0n) is 15.3. The van der Waals surface area contributed by atoms with E-state index in [-0.39, 0.29) is 24.0 Å². The van der Waals surface area contributed by atoms with E-state index in [4.69, 9.17) is 10.5 Å². The first-order valence-corrected chi connectivity index (χ1v) is 9.09. The standard InChI is InChI=1S/C18H28N4O3/c1-4-9-22-13(6-8-20-22)16(24)21-10-5-7-18(21)12-17(2,3)25-14(18)11-15(19)23/h6,8,14H,4-5,7,9-12H2,1-3H3,(H2,19,23)/t14-,18+/m0/s1. The highest BCUT2D eigenvalue weighted by atomic mass is 16.5. The Balaban J connectivity index is 1.93. The van der Waals surface area contributed by atoms with Crippen molar-refractivity contribution in [2.45, 2.75) is 76.7 Å². The Labute approximate surface area is 148 Å². The number of nitrogens with zero attached hydrogens (tertiary/aromatic N) is 3. The van der Waals surface area contributed by atoms with Gasteiger partial charge in [-0.15, -0.1) is 0 Å². The van der Waals surface area contributed by atoms with E-state index in [0.29, 0.717) is 25.2 Å². The van der Waals surface area contributed by atoms with Crippen molar-refractivity contribution in [3.05, 3.63) is 18.0 Å². The average Bonchev–Trinajstić information content (AvgIpc) is 3.18. The maximum atomic E-state index is 13.3. The molecule has 0 aliphatic carbocycles. The summed E-state index contributed by atoms with van der Waals surface area (Å²) in [6, 6.07) is 1.77. The van der Waals surface area contributed by atoms with Crippen LogP contribution in [0.3, 0.4) is 0 Å². The van der Waals surface area contributed by atoms with Gasteiger partial charge in [0.1, 0.15) is 5.69 Å². The molecule has 3 rings (SSSR count). The number of likely N-dealkylation sites (tertiary alicyclic amines) is 1. The minimum Gasteiger partial charge on any atom is -0.370 e. The Kier molecular flexibility index (Phi) is 4.62. The van der Waals surface area contributed by atoms with Gasteiger partial charge in [-0.1, -0.05) is 6.92 Å². The minimum absolute atomic E-state index is 0.0285. The number of nitrogens with two attached hydrogens (primary N) is 1. The number of carbonyl (C=O) groups is 2. The molecule has 2 atom stereocenters. The third-order valence-corrected chi connectivity index (χ3v) is 5.32. The van der Waals surface area contributed by atoms with E-state index < -0.39 is 11.4 Å².